The van der Waals surface area contributed by atoms with E-state index in [1.807, 2.05) is 0 Å². The minimum Gasteiger partial charge on any atom is -0.381 e. The Labute approximate surface area is 118 Å². The van der Waals surface area contributed by atoms with Gasteiger partial charge in [-0.1, -0.05) is 20.3 Å². The van der Waals surface area contributed by atoms with E-state index in [1.165, 1.54) is 45.3 Å². The molecule has 3 aliphatic rings. The first-order valence-electron chi connectivity index (χ1n) is 8.33. The van der Waals surface area contributed by atoms with Crippen LogP contribution in [0.25, 0.3) is 0 Å². The van der Waals surface area contributed by atoms with Gasteiger partial charge in [-0.05, 0) is 37.0 Å². The van der Waals surface area contributed by atoms with E-state index in [9.17, 15) is 0 Å². The average molecular weight is 266 g/mol. The lowest BCUT2D eigenvalue weighted by Crippen LogP contribution is -2.59. The second-order valence-corrected chi connectivity index (χ2v) is 6.99. The molecule has 1 N–H and O–H groups in total. The Morgan fingerprint density at radius 3 is 2.79 bits per heavy atom. The quantitative estimate of drug-likeness (QED) is 0.825. The summed E-state index contributed by atoms with van der Waals surface area (Å²) < 4.78 is 5.56. The summed E-state index contributed by atoms with van der Waals surface area (Å²) in [5.74, 6) is 2.56. The molecule has 3 rings (SSSR count). The van der Waals surface area contributed by atoms with Crippen LogP contribution in [0.1, 0.15) is 39.5 Å². The van der Waals surface area contributed by atoms with Crippen molar-refractivity contribution in [2.24, 2.45) is 17.8 Å². The molecule has 0 radical (unpaired) electrons. The molecule has 2 heterocycles. The molecule has 2 aliphatic heterocycles. The summed E-state index contributed by atoms with van der Waals surface area (Å²) >= 11 is 0. The van der Waals surface area contributed by atoms with Crippen molar-refractivity contribution in [1.29, 1.82) is 0 Å². The maximum absolute atomic E-state index is 5.56. The van der Waals surface area contributed by atoms with E-state index in [4.69, 9.17) is 4.74 Å². The minimum absolute atomic E-state index is 0.697. The maximum atomic E-state index is 5.56. The molecule has 1 aliphatic carbocycles. The molecule has 0 aromatic carbocycles. The first-order chi connectivity index (χ1) is 9.28. The summed E-state index contributed by atoms with van der Waals surface area (Å²) in [6.45, 7) is 10.4. The largest absolute Gasteiger partial charge is 0.381 e. The highest BCUT2D eigenvalue weighted by atomic mass is 16.5. The van der Waals surface area contributed by atoms with Gasteiger partial charge in [-0.15, -0.1) is 0 Å². The number of hydrogen-bond donors (Lipinski definition) is 1. The Bertz CT molecular complexity index is 286. The van der Waals surface area contributed by atoms with Crippen LogP contribution in [-0.4, -0.2) is 49.8 Å². The van der Waals surface area contributed by atoms with Crippen molar-refractivity contribution in [3.8, 4) is 0 Å². The van der Waals surface area contributed by atoms with Crippen LogP contribution in [0.4, 0.5) is 0 Å². The smallest absolute Gasteiger partial charge is 0.0507 e. The highest BCUT2D eigenvalue weighted by Gasteiger charge is 2.40. The van der Waals surface area contributed by atoms with Gasteiger partial charge in [-0.25, -0.2) is 0 Å². The van der Waals surface area contributed by atoms with Crippen molar-refractivity contribution in [2.45, 2.75) is 51.6 Å². The van der Waals surface area contributed by atoms with Crippen LogP contribution in [0.2, 0.25) is 0 Å². The Balaban J connectivity index is 1.60. The second kappa shape index (κ2) is 6.11. The van der Waals surface area contributed by atoms with E-state index >= 15 is 0 Å². The van der Waals surface area contributed by atoms with Crippen molar-refractivity contribution in [3.63, 3.8) is 0 Å². The SMILES string of the molecule is CCC(C)C1CN(CC2CCOC2)C(C2CC2)CN1. The summed E-state index contributed by atoms with van der Waals surface area (Å²) in [5.41, 5.74) is 0. The van der Waals surface area contributed by atoms with Crippen LogP contribution in [0, 0.1) is 17.8 Å². The molecule has 110 valence electrons. The predicted molar refractivity (Wildman–Crippen MR) is 78.3 cm³/mol. The normalized spacial score (nSPS) is 38.5. The zero-order valence-electron chi connectivity index (χ0n) is 12.6. The molecule has 3 nitrogen and oxygen atoms in total. The summed E-state index contributed by atoms with van der Waals surface area (Å²) in [6.07, 6.45) is 5.47. The fourth-order valence-electron chi connectivity index (χ4n) is 3.73. The molecule has 2 saturated heterocycles. The molecular weight excluding hydrogens is 236 g/mol. The predicted octanol–water partition coefficient (Wildman–Crippen LogP) is 2.12. The van der Waals surface area contributed by atoms with E-state index in [-0.39, 0.29) is 0 Å². The molecule has 1 saturated carbocycles. The van der Waals surface area contributed by atoms with E-state index < -0.39 is 0 Å². The van der Waals surface area contributed by atoms with Crippen LogP contribution >= 0.6 is 0 Å². The number of piperazine rings is 1. The van der Waals surface area contributed by atoms with E-state index in [0.717, 1.165) is 37.0 Å². The first-order valence-corrected chi connectivity index (χ1v) is 8.33. The van der Waals surface area contributed by atoms with E-state index in [1.54, 1.807) is 0 Å². The lowest BCUT2D eigenvalue weighted by atomic mass is 9.93. The molecule has 19 heavy (non-hydrogen) atoms. The third-order valence-electron chi connectivity index (χ3n) is 5.50. The van der Waals surface area contributed by atoms with Crippen molar-refractivity contribution in [2.75, 3.05) is 32.8 Å². The van der Waals surface area contributed by atoms with Crippen LogP contribution in [0.3, 0.4) is 0 Å². The molecule has 3 heteroatoms. The molecule has 3 fully saturated rings. The minimum atomic E-state index is 0.697. The molecule has 4 atom stereocenters. The summed E-state index contributed by atoms with van der Waals surface area (Å²) in [7, 11) is 0. The topological polar surface area (TPSA) is 24.5 Å². The van der Waals surface area contributed by atoms with Gasteiger partial charge in [0.05, 0.1) is 6.61 Å². The third-order valence-corrected chi connectivity index (χ3v) is 5.50. The maximum Gasteiger partial charge on any atom is 0.0507 e. The van der Waals surface area contributed by atoms with Crippen LogP contribution in [0.15, 0.2) is 0 Å². The highest BCUT2D eigenvalue weighted by Crippen LogP contribution is 2.37. The second-order valence-electron chi connectivity index (χ2n) is 6.99. The van der Waals surface area contributed by atoms with Gasteiger partial charge in [0.15, 0.2) is 0 Å². The van der Waals surface area contributed by atoms with Gasteiger partial charge >= 0.3 is 0 Å². The molecule has 0 aromatic rings. The van der Waals surface area contributed by atoms with E-state index in [0.29, 0.717) is 6.04 Å². The van der Waals surface area contributed by atoms with Gasteiger partial charge in [0.2, 0.25) is 0 Å². The number of nitrogens with one attached hydrogen (secondary N) is 1. The van der Waals surface area contributed by atoms with Gasteiger partial charge in [-0.2, -0.15) is 0 Å². The first kappa shape index (κ1) is 13.8. The highest BCUT2D eigenvalue weighted by molar-refractivity contribution is 4.96. The molecule has 0 amide bonds. The summed E-state index contributed by atoms with van der Waals surface area (Å²) in [4.78, 5) is 2.81. The Kier molecular flexibility index (Phi) is 4.45. The Hall–Kier alpha value is -0.120. The molecule has 0 spiro atoms. The standard InChI is InChI=1S/C16H30N2O/c1-3-12(2)15-10-18(9-13-6-7-19-11-13)16(8-17-15)14-4-5-14/h12-17H,3-11H2,1-2H3. The average Bonchev–Trinajstić information content (AvgIpc) is 3.15. The number of ether oxygens (including phenoxy) is 1. The number of rotatable bonds is 5. The van der Waals surface area contributed by atoms with Crippen LogP contribution < -0.4 is 5.32 Å². The van der Waals surface area contributed by atoms with Gasteiger partial charge in [0.25, 0.3) is 0 Å². The monoisotopic (exact) mass is 266 g/mol. The fraction of sp³-hybridized carbons (Fsp3) is 1.00. The molecule has 4 unspecified atom stereocenters. The number of hydrogen-bond acceptors (Lipinski definition) is 3. The zero-order chi connectivity index (χ0) is 13.2. The van der Waals surface area contributed by atoms with Gasteiger partial charge < -0.3 is 10.1 Å². The summed E-state index contributed by atoms with van der Waals surface area (Å²) in [6, 6.07) is 1.50. The van der Waals surface area contributed by atoms with Gasteiger partial charge in [-0.3, -0.25) is 4.90 Å². The fourth-order valence-corrected chi connectivity index (χ4v) is 3.73. The molecule has 0 bridgehead atoms. The van der Waals surface area contributed by atoms with Crippen LogP contribution in [0.5, 0.6) is 0 Å². The third kappa shape index (κ3) is 3.32. The number of nitrogens with zero attached hydrogens (tertiary/aromatic N) is 1. The van der Waals surface area contributed by atoms with Crippen molar-refractivity contribution >= 4 is 0 Å². The lowest BCUT2D eigenvalue weighted by Gasteiger charge is -2.43. The Morgan fingerprint density at radius 2 is 2.16 bits per heavy atom. The van der Waals surface area contributed by atoms with Crippen molar-refractivity contribution in [1.82, 2.24) is 10.2 Å². The molecular formula is C16H30N2O. The summed E-state index contributed by atoms with van der Waals surface area (Å²) in [5, 5.41) is 3.82. The zero-order valence-corrected chi connectivity index (χ0v) is 12.6. The van der Waals surface area contributed by atoms with E-state index in [2.05, 4.69) is 24.1 Å². The Morgan fingerprint density at radius 1 is 1.32 bits per heavy atom. The molecule has 0 aromatic heterocycles. The van der Waals surface area contributed by atoms with Crippen molar-refractivity contribution in [3.05, 3.63) is 0 Å². The van der Waals surface area contributed by atoms with Gasteiger partial charge in [0, 0.05) is 38.3 Å². The van der Waals surface area contributed by atoms with Crippen molar-refractivity contribution < 1.29 is 4.74 Å². The van der Waals surface area contributed by atoms with Gasteiger partial charge in [0.1, 0.15) is 0 Å². The van der Waals surface area contributed by atoms with Crippen LogP contribution in [-0.2, 0) is 4.74 Å². The lowest BCUT2D eigenvalue weighted by molar-refractivity contribution is 0.0757.